The van der Waals surface area contributed by atoms with Gasteiger partial charge in [-0.25, -0.2) is 13.8 Å². The molecule has 0 saturated heterocycles. The maximum absolute atomic E-state index is 14.2. The number of nitrogens with zero attached hydrogens (tertiary/aromatic N) is 2. The largest absolute Gasteiger partial charge is 0.352 e. The molecule has 2 aromatic heterocycles. The summed E-state index contributed by atoms with van der Waals surface area (Å²) in [6, 6.07) is 7.37. The van der Waals surface area contributed by atoms with E-state index in [-0.39, 0.29) is 24.2 Å². The van der Waals surface area contributed by atoms with Gasteiger partial charge < -0.3 is 5.32 Å². The number of carbonyl (C=O) groups excluding carboxylic acids is 1. The van der Waals surface area contributed by atoms with Gasteiger partial charge in [-0.3, -0.25) is 14.2 Å². The summed E-state index contributed by atoms with van der Waals surface area (Å²) in [7, 11) is 0. The van der Waals surface area contributed by atoms with Gasteiger partial charge in [0.2, 0.25) is 5.91 Å². The topological polar surface area (TPSA) is 73.1 Å². The van der Waals surface area contributed by atoms with Crippen LogP contribution in [0, 0.1) is 5.82 Å². The third-order valence-corrected chi connectivity index (χ3v) is 5.76. The summed E-state index contributed by atoms with van der Waals surface area (Å²) in [5, 5.41) is 4.62. The molecule has 6 nitrogen and oxygen atoms in total. The van der Waals surface area contributed by atoms with Crippen molar-refractivity contribution in [1.82, 2.24) is 14.5 Å². The van der Waals surface area contributed by atoms with Crippen molar-refractivity contribution in [3.8, 4) is 5.69 Å². The summed E-state index contributed by atoms with van der Waals surface area (Å²) < 4.78 is 16.6. The molecule has 1 N–H and O–H groups in total. The Hall–Kier alpha value is -2.74. The van der Waals surface area contributed by atoms with Crippen LogP contribution < -0.4 is 16.6 Å². The Bertz CT molecular complexity index is 1130. The fraction of sp³-hybridized carbons (Fsp3) is 0.316. The summed E-state index contributed by atoms with van der Waals surface area (Å²) in [6.07, 6.45) is 4.03. The van der Waals surface area contributed by atoms with E-state index in [4.69, 9.17) is 0 Å². The first-order valence-electron chi connectivity index (χ1n) is 8.83. The third kappa shape index (κ3) is 3.21. The molecular formula is C19H18FN3O3S. The average molecular weight is 387 g/mol. The Balaban J connectivity index is 1.82. The Morgan fingerprint density at radius 1 is 1.19 bits per heavy atom. The minimum absolute atomic E-state index is 0.118. The highest BCUT2D eigenvalue weighted by Crippen LogP contribution is 2.19. The SMILES string of the molecule is O=C(Cn1c(=O)n(-c2ccccc2F)c(=O)c2sccc21)NC1CCCC1. The van der Waals surface area contributed by atoms with Crippen molar-refractivity contribution in [2.75, 3.05) is 0 Å². The second-order valence-electron chi connectivity index (χ2n) is 6.64. The first kappa shape index (κ1) is 17.7. The van der Waals surface area contributed by atoms with Crippen LogP contribution in [0.5, 0.6) is 0 Å². The van der Waals surface area contributed by atoms with E-state index >= 15 is 0 Å². The molecular weight excluding hydrogens is 369 g/mol. The molecule has 1 aliphatic carbocycles. The van der Waals surface area contributed by atoms with Crippen molar-refractivity contribution in [2.24, 2.45) is 0 Å². The second-order valence-corrected chi connectivity index (χ2v) is 7.56. The fourth-order valence-electron chi connectivity index (χ4n) is 3.57. The van der Waals surface area contributed by atoms with Gasteiger partial charge in [0.05, 0.1) is 11.2 Å². The molecule has 1 saturated carbocycles. The van der Waals surface area contributed by atoms with Crippen LogP contribution in [-0.2, 0) is 11.3 Å². The number of aromatic nitrogens is 2. The van der Waals surface area contributed by atoms with Gasteiger partial charge in [0.1, 0.15) is 17.1 Å². The number of thiophene rings is 1. The molecule has 0 atom stereocenters. The number of rotatable bonds is 4. The molecule has 0 spiro atoms. The predicted molar refractivity (Wildman–Crippen MR) is 102 cm³/mol. The van der Waals surface area contributed by atoms with Crippen LogP contribution in [0.1, 0.15) is 25.7 Å². The van der Waals surface area contributed by atoms with Crippen LogP contribution >= 0.6 is 11.3 Å². The van der Waals surface area contributed by atoms with E-state index in [2.05, 4.69) is 5.32 Å². The Morgan fingerprint density at radius 3 is 2.67 bits per heavy atom. The maximum atomic E-state index is 14.2. The molecule has 27 heavy (non-hydrogen) atoms. The van der Waals surface area contributed by atoms with Crippen molar-refractivity contribution in [3.63, 3.8) is 0 Å². The quantitative estimate of drug-likeness (QED) is 0.747. The number of halogens is 1. The lowest BCUT2D eigenvalue weighted by Crippen LogP contribution is -2.43. The number of amides is 1. The van der Waals surface area contributed by atoms with Crippen molar-refractivity contribution in [2.45, 2.75) is 38.3 Å². The molecule has 1 aliphatic rings. The smallest absolute Gasteiger partial charge is 0.336 e. The molecule has 0 unspecified atom stereocenters. The van der Waals surface area contributed by atoms with E-state index in [1.807, 2.05) is 0 Å². The molecule has 3 aromatic rings. The molecule has 0 radical (unpaired) electrons. The first-order chi connectivity index (χ1) is 13.1. The second kappa shape index (κ2) is 7.11. The van der Waals surface area contributed by atoms with Crippen LogP contribution in [-0.4, -0.2) is 21.1 Å². The van der Waals surface area contributed by atoms with E-state index in [1.165, 1.54) is 22.8 Å². The van der Waals surface area contributed by atoms with Crippen LogP contribution in [0.15, 0.2) is 45.3 Å². The molecule has 1 amide bonds. The average Bonchev–Trinajstić information content (AvgIpc) is 3.32. The zero-order chi connectivity index (χ0) is 19.0. The summed E-state index contributed by atoms with van der Waals surface area (Å²) in [4.78, 5) is 38.2. The third-order valence-electron chi connectivity index (χ3n) is 4.87. The van der Waals surface area contributed by atoms with E-state index in [0.717, 1.165) is 41.6 Å². The lowest BCUT2D eigenvalue weighted by Gasteiger charge is -2.15. The number of hydrogen-bond donors (Lipinski definition) is 1. The summed E-state index contributed by atoms with van der Waals surface area (Å²) >= 11 is 1.16. The Morgan fingerprint density at radius 2 is 1.93 bits per heavy atom. The molecule has 0 aliphatic heterocycles. The predicted octanol–water partition coefficient (Wildman–Crippen LogP) is 2.41. The van der Waals surface area contributed by atoms with Crippen LogP contribution in [0.25, 0.3) is 15.9 Å². The zero-order valence-electron chi connectivity index (χ0n) is 14.5. The van der Waals surface area contributed by atoms with Gasteiger partial charge in [-0.1, -0.05) is 25.0 Å². The molecule has 140 valence electrons. The van der Waals surface area contributed by atoms with Gasteiger partial charge in [-0.2, -0.15) is 0 Å². The van der Waals surface area contributed by atoms with Crippen LogP contribution in [0.2, 0.25) is 0 Å². The molecule has 2 heterocycles. The summed E-state index contributed by atoms with van der Waals surface area (Å²) in [5.74, 6) is -0.954. The lowest BCUT2D eigenvalue weighted by molar-refractivity contribution is -0.122. The summed E-state index contributed by atoms with van der Waals surface area (Å²) in [5.41, 5.74) is -1.03. The Kier molecular flexibility index (Phi) is 4.65. The minimum atomic E-state index is -0.724. The van der Waals surface area contributed by atoms with E-state index in [0.29, 0.717) is 10.2 Å². The van der Waals surface area contributed by atoms with E-state index in [1.54, 1.807) is 17.5 Å². The van der Waals surface area contributed by atoms with Gasteiger partial charge in [0, 0.05) is 6.04 Å². The van der Waals surface area contributed by atoms with Gasteiger partial charge in [-0.15, -0.1) is 11.3 Å². The maximum Gasteiger partial charge on any atom is 0.336 e. The van der Waals surface area contributed by atoms with Gasteiger partial charge in [-0.05, 0) is 36.4 Å². The fourth-order valence-corrected chi connectivity index (χ4v) is 4.40. The highest BCUT2D eigenvalue weighted by atomic mass is 32.1. The number of benzene rings is 1. The van der Waals surface area contributed by atoms with Crippen molar-refractivity contribution >= 4 is 27.5 Å². The number of nitrogens with one attached hydrogen (secondary N) is 1. The van der Waals surface area contributed by atoms with Gasteiger partial charge >= 0.3 is 5.69 Å². The first-order valence-corrected chi connectivity index (χ1v) is 9.71. The standard InChI is InChI=1S/C19H18FN3O3S/c20-13-7-3-4-8-14(13)23-18(25)17-15(9-10-27-17)22(19(23)26)11-16(24)21-12-5-1-2-6-12/h3-4,7-10,12H,1-2,5-6,11H2,(H,21,24). The molecule has 0 bridgehead atoms. The number of para-hydroxylation sites is 1. The van der Waals surface area contributed by atoms with Gasteiger partial charge in [0.25, 0.3) is 5.56 Å². The van der Waals surface area contributed by atoms with Crippen LogP contribution in [0.4, 0.5) is 4.39 Å². The van der Waals surface area contributed by atoms with E-state index < -0.39 is 17.1 Å². The molecule has 4 rings (SSSR count). The molecule has 1 aromatic carbocycles. The Labute approximate surface area is 157 Å². The number of fused-ring (bicyclic) bond motifs is 1. The highest BCUT2D eigenvalue weighted by molar-refractivity contribution is 7.17. The van der Waals surface area contributed by atoms with Crippen LogP contribution in [0.3, 0.4) is 0 Å². The molecule has 8 heteroatoms. The number of carbonyl (C=O) groups is 1. The minimum Gasteiger partial charge on any atom is -0.352 e. The van der Waals surface area contributed by atoms with Gasteiger partial charge in [0.15, 0.2) is 0 Å². The molecule has 1 fully saturated rings. The van der Waals surface area contributed by atoms with Crippen molar-refractivity contribution in [3.05, 3.63) is 62.4 Å². The zero-order valence-corrected chi connectivity index (χ0v) is 15.3. The normalized spacial score (nSPS) is 14.7. The summed E-state index contributed by atoms with van der Waals surface area (Å²) in [6.45, 7) is -0.211. The van der Waals surface area contributed by atoms with E-state index in [9.17, 15) is 18.8 Å². The van der Waals surface area contributed by atoms with Crippen molar-refractivity contribution in [1.29, 1.82) is 0 Å². The monoisotopic (exact) mass is 387 g/mol. The lowest BCUT2D eigenvalue weighted by atomic mass is 10.2. The van der Waals surface area contributed by atoms with Crippen molar-refractivity contribution < 1.29 is 9.18 Å². The highest BCUT2D eigenvalue weighted by Gasteiger charge is 2.21. The number of hydrogen-bond acceptors (Lipinski definition) is 4.